The molecule has 0 radical (unpaired) electrons. The molecule has 0 aliphatic rings. The lowest BCUT2D eigenvalue weighted by Gasteiger charge is -2.30. The van der Waals surface area contributed by atoms with Crippen molar-refractivity contribution in [1.82, 2.24) is 10.2 Å². The SMILES string of the molecule is Cc1ccccc1CN(C(=O)COc1ccccc1C(C)(C)C)[C@@H](C)C(=O)NC(C)C. The zero-order valence-electron chi connectivity index (χ0n) is 19.9. The van der Waals surface area contributed by atoms with Crippen LogP contribution in [-0.4, -0.2) is 35.4 Å². The minimum Gasteiger partial charge on any atom is -0.483 e. The predicted molar refractivity (Wildman–Crippen MR) is 125 cm³/mol. The van der Waals surface area contributed by atoms with Gasteiger partial charge in [-0.05, 0) is 55.9 Å². The summed E-state index contributed by atoms with van der Waals surface area (Å²) in [6.45, 7) is 14.1. The maximum atomic E-state index is 13.2. The van der Waals surface area contributed by atoms with Crippen LogP contribution in [0.15, 0.2) is 48.5 Å². The van der Waals surface area contributed by atoms with Gasteiger partial charge < -0.3 is 15.0 Å². The van der Waals surface area contributed by atoms with Gasteiger partial charge in [0.05, 0.1) is 0 Å². The van der Waals surface area contributed by atoms with E-state index in [2.05, 4.69) is 26.1 Å². The fraction of sp³-hybridized carbons (Fsp3) is 0.462. The molecule has 0 aliphatic carbocycles. The molecular formula is C26H36N2O3. The first-order valence-corrected chi connectivity index (χ1v) is 10.9. The summed E-state index contributed by atoms with van der Waals surface area (Å²) < 4.78 is 5.96. The van der Waals surface area contributed by atoms with Crippen molar-refractivity contribution in [3.63, 3.8) is 0 Å². The van der Waals surface area contributed by atoms with E-state index in [-0.39, 0.29) is 29.9 Å². The molecule has 5 heteroatoms. The number of nitrogens with zero attached hydrogens (tertiary/aromatic N) is 1. The molecule has 1 N–H and O–H groups in total. The summed E-state index contributed by atoms with van der Waals surface area (Å²) >= 11 is 0. The summed E-state index contributed by atoms with van der Waals surface area (Å²) in [6, 6.07) is 15.1. The van der Waals surface area contributed by atoms with Crippen molar-refractivity contribution in [3.05, 3.63) is 65.2 Å². The van der Waals surface area contributed by atoms with Gasteiger partial charge in [0.2, 0.25) is 5.91 Å². The summed E-state index contributed by atoms with van der Waals surface area (Å²) in [6.07, 6.45) is 0. The summed E-state index contributed by atoms with van der Waals surface area (Å²) in [4.78, 5) is 27.5. The van der Waals surface area contributed by atoms with Gasteiger partial charge >= 0.3 is 0 Å². The van der Waals surface area contributed by atoms with Crippen LogP contribution >= 0.6 is 0 Å². The zero-order valence-corrected chi connectivity index (χ0v) is 19.9. The molecule has 0 spiro atoms. The van der Waals surface area contributed by atoms with E-state index in [1.54, 1.807) is 11.8 Å². The standard InChI is InChI=1S/C26H36N2O3/c1-18(2)27-25(30)20(4)28(16-21-13-9-8-12-19(21)3)24(29)17-31-23-15-11-10-14-22(23)26(5,6)7/h8-15,18,20H,16-17H2,1-7H3,(H,27,30)/t20-/m0/s1. The van der Waals surface area contributed by atoms with Crippen molar-refractivity contribution >= 4 is 11.8 Å². The second kappa shape index (κ2) is 10.5. The summed E-state index contributed by atoms with van der Waals surface area (Å²) in [5, 5.41) is 2.91. The lowest BCUT2D eigenvalue weighted by atomic mass is 9.86. The zero-order chi connectivity index (χ0) is 23.2. The first kappa shape index (κ1) is 24.4. The number of aryl methyl sites for hydroxylation is 1. The average molecular weight is 425 g/mol. The highest BCUT2D eigenvalue weighted by molar-refractivity contribution is 5.88. The van der Waals surface area contributed by atoms with Crippen molar-refractivity contribution < 1.29 is 14.3 Å². The van der Waals surface area contributed by atoms with E-state index in [0.29, 0.717) is 12.3 Å². The third-order valence-electron chi connectivity index (χ3n) is 5.25. The van der Waals surface area contributed by atoms with Gasteiger partial charge in [0.1, 0.15) is 11.8 Å². The fourth-order valence-corrected chi connectivity index (χ4v) is 3.39. The van der Waals surface area contributed by atoms with E-state index in [0.717, 1.165) is 16.7 Å². The Morgan fingerprint density at radius 1 is 1.00 bits per heavy atom. The molecule has 2 amide bonds. The van der Waals surface area contributed by atoms with Gasteiger partial charge in [0.15, 0.2) is 6.61 Å². The quantitative estimate of drug-likeness (QED) is 0.673. The monoisotopic (exact) mass is 424 g/mol. The first-order valence-electron chi connectivity index (χ1n) is 10.9. The molecule has 0 aromatic heterocycles. The minimum atomic E-state index is -0.615. The van der Waals surface area contributed by atoms with Crippen LogP contribution in [-0.2, 0) is 21.5 Å². The second-order valence-electron chi connectivity index (χ2n) is 9.32. The molecule has 0 aliphatic heterocycles. The second-order valence-corrected chi connectivity index (χ2v) is 9.32. The maximum absolute atomic E-state index is 13.2. The molecule has 168 valence electrons. The van der Waals surface area contributed by atoms with E-state index >= 15 is 0 Å². The van der Waals surface area contributed by atoms with Gasteiger partial charge in [-0.3, -0.25) is 9.59 Å². The van der Waals surface area contributed by atoms with Crippen LogP contribution in [0.2, 0.25) is 0 Å². The largest absolute Gasteiger partial charge is 0.483 e. The van der Waals surface area contributed by atoms with Crippen LogP contribution in [0.25, 0.3) is 0 Å². The Morgan fingerprint density at radius 3 is 2.23 bits per heavy atom. The highest BCUT2D eigenvalue weighted by Crippen LogP contribution is 2.31. The van der Waals surface area contributed by atoms with Gasteiger partial charge in [0, 0.05) is 12.6 Å². The third-order valence-corrected chi connectivity index (χ3v) is 5.25. The molecule has 5 nitrogen and oxygen atoms in total. The van der Waals surface area contributed by atoms with Crippen LogP contribution in [0.3, 0.4) is 0 Å². The van der Waals surface area contributed by atoms with Gasteiger partial charge in [-0.1, -0.05) is 63.2 Å². The maximum Gasteiger partial charge on any atom is 0.261 e. The highest BCUT2D eigenvalue weighted by atomic mass is 16.5. The number of benzene rings is 2. The van der Waals surface area contributed by atoms with E-state index in [1.165, 1.54) is 0 Å². The smallest absolute Gasteiger partial charge is 0.261 e. The Labute approximate surface area is 186 Å². The van der Waals surface area contributed by atoms with Crippen LogP contribution in [0.1, 0.15) is 58.2 Å². The molecule has 2 aromatic carbocycles. The lowest BCUT2D eigenvalue weighted by Crippen LogP contribution is -2.50. The van der Waals surface area contributed by atoms with E-state index < -0.39 is 6.04 Å². The summed E-state index contributed by atoms with van der Waals surface area (Å²) in [5.41, 5.74) is 3.02. The van der Waals surface area contributed by atoms with E-state index in [1.807, 2.05) is 69.3 Å². The summed E-state index contributed by atoms with van der Waals surface area (Å²) in [7, 11) is 0. The molecular weight excluding hydrogens is 388 g/mol. The molecule has 1 atom stereocenters. The van der Waals surface area contributed by atoms with Crippen LogP contribution in [0.5, 0.6) is 5.75 Å². The fourth-order valence-electron chi connectivity index (χ4n) is 3.39. The number of hydrogen-bond donors (Lipinski definition) is 1. The Bertz CT molecular complexity index is 900. The molecule has 0 unspecified atom stereocenters. The molecule has 0 heterocycles. The minimum absolute atomic E-state index is 0.000256. The van der Waals surface area contributed by atoms with Gasteiger partial charge in [-0.15, -0.1) is 0 Å². The van der Waals surface area contributed by atoms with Crippen molar-refractivity contribution in [2.24, 2.45) is 0 Å². The number of nitrogens with one attached hydrogen (secondary N) is 1. The van der Waals surface area contributed by atoms with Crippen LogP contribution in [0, 0.1) is 6.92 Å². The van der Waals surface area contributed by atoms with Crippen molar-refractivity contribution in [3.8, 4) is 5.75 Å². The van der Waals surface area contributed by atoms with Gasteiger partial charge in [0.25, 0.3) is 5.91 Å². The Kier molecular flexibility index (Phi) is 8.26. The number of hydrogen-bond acceptors (Lipinski definition) is 3. The molecule has 0 saturated heterocycles. The molecule has 0 bridgehead atoms. The van der Waals surface area contributed by atoms with Gasteiger partial charge in [-0.25, -0.2) is 0 Å². The normalized spacial score (nSPS) is 12.4. The Balaban J connectivity index is 2.24. The Hall–Kier alpha value is -2.82. The summed E-state index contributed by atoms with van der Waals surface area (Å²) in [5.74, 6) is 0.295. The Morgan fingerprint density at radius 2 is 1.61 bits per heavy atom. The van der Waals surface area contributed by atoms with Crippen molar-refractivity contribution in [1.29, 1.82) is 0 Å². The van der Waals surface area contributed by atoms with E-state index in [9.17, 15) is 9.59 Å². The molecule has 2 rings (SSSR count). The number of carbonyl (C=O) groups is 2. The van der Waals surface area contributed by atoms with Crippen molar-refractivity contribution in [2.45, 2.75) is 72.5 Å². The predicted octanol–water partition coefficient (Wildman–Crippen LogP) is 4.61. The number of carbonyl (C=O) groups excluding carboxylic acids is 2. The highest BCUT2D eigenvalue weighted by Gasteiger charge is 2.28. The van der Waals surface area contributed by atoms with Crippen LogP contribution < -0.4 is 10.1 Å². The number of ether oxygens (including phenoxy) is 1. The topological polar surface area (TPSA) is 58.6 Å². The molecule has 0 fully saturated rings. The molecule has 2 aromatic rings. The lowest BCUT2D eigenvalue weighted by molar-refractivity contribution is -0.142. The van der Waals surface area contributed by atoms with Crippen molar-refractivity contribution in [2.75, 3.05) is 6.61 Å². The first-order chi connectivity index (χ1) is 14.5. The number of rotatable bonds is 8. The van der Waals surface area contributed by atoms with Gasteiger partial charge in [-0.2, -0.15) is 0 Å². The van der Waals surface area contributed by atoms with E-state index in [4.69, 9.17) is 4.74 Å². The number of amides is 2. The number of para-hydroxylation sites is 1. The average Bonchev–Trinajstić information content (AvgIpc) is 2.70. The third kappa shape index (κ3) is 6.84. The molecule has 0 saturated carbocycles. The van der Waals surface area contributed by atoms with Crippen LogP contribution in [0.4, 0.5) is 0 Å². The molecule has 31 heavy (non-hydrogen) atoms.